The Hall–Kier alpha value is -2.13. The zero-order chi connectivity index (χ0) is 52.3. The van der Waals surface area contributed by atoms with Gasteiger partial charge in [-0.25, -0.2) is 0 Å². The van der Waals surface area contributed by atoms with Crippen LogP contribution >= 0.6 is 11.8 Å². The number of hydrogen-bond acceptors (Lipinski definition) is 7. The van der Waals surface area contributed by atoms with E-state index in [-0.39, 0.29) is 23.1 Å². The quantitative estimate of drug-likeness (QED) is 0.0404. The second kappa shape index (κ2) is 38.4. The van der Waals surface area contributed by atoms with Crippen LogP contribution in [-0.2, 0) is 23.5 Å². The Morgan fingerprint density at radius 3 is 1.66 bits per heavy atom. The van der Waals surface area contributed by atoms with Crippen LogP contribution in [0.1, 0.15) is 253 Å². The molecule has 2 aliphatic carbocycles. The van der Waals surface area contributed by atoms with E-state index in [1.54, 1.807) is 0 Å². The van der Waals surface area contributed by atoms with E-state index in [0.29, 0.717) is 49.2 Å². The van der Waals surface area contributed by atoms with Gasteiger partial charge in [0.25, 0.3) is 8.32 Å². The van der Waals surface area contributed by atoms with Gasteiger partial charge in [0.05, 0.1) is 6.61 Å². The summed E-state index contributed by atoms with van der Waals surface area (Å²) >= 11 is 2.03. The molecule has 6 nitrogen and oxygen atoms in total. The van der Waals surface area contributed by atoms with Gasteiger partial charge >= 0.3 is 11.9 Å². The number of nitrogens with one attached hydrogen (secondary N) is 1. The summed E-state index contributed by atoms with van der Waals surface area (Å²) in [5.41, 5.74) is 0. The van der Waals surface area contributed by atoms with Crippen LogP contribution in [0.25, 0.3) is 0 Å². The number of thioether (sulfide) groups is 1. The van der Waals surface area contributed by atoms with Gasteiger partial charge in [-0.3, -0.25) is 9.59 Å². The number of rotatable bonds is 41. The zero-order valence-electron chi connectivity index (χ0n) is 48.1. The molecule has 1 N–H and O–H groups in total. The first-order chi connectivity index (χ1) is 35.6. The van der Waals surface area contributed by atoms with Crippen LogP contribution in [0.15, 0.2) is 60.7 Å². The summed E-state index contributed by atoms with van der Waals surface area (Å²) < 4.78 is 19.4. The molecule has 2 aliphatic rings. The smallest absolute Gasteiger partial charge is 0.306 e. The molecule has 416 valence electrons. The second-order valence-corrected chi connectivity index (χ2v) is 29.4. The molecule has 2 saturated carbocycles. The molecule has 73 heavy (non-hydrogen) atoms. The summed E-state index contributed by atoms with van der Waals surface area (Å²) in [5.74, 6) is 4.85. The Kier molecular flexibility index (Phi) is 33.4. The molecule has 2 aromatic carbocycles. The van der Waals surface area contributed by atoms with Gasteiger partial charge in [0, 0.05) is 31.2 Å². The highest BCUT2D eigenvalue weighted by Gasteiger charge is 2.50. The highest BCUT2D eigenvalue weighted by molar-refractivity contribution is 7.99. The molecular formula is C65H111NO5SSi. The first kappa shape index (κ1) is 63.4. The molecule has 0 heterocycles. The Morgan fingerprint density at radius 1 is 0.589 bits per heavy atom. The molecule has 0 bridgehead atoms. The van der Waals surface area contributed by atoms with E-state index in [2.05, 4.69) is 108 Å². The predicted octanol–water partition coefficient (Wildman–Crippen LogP) is 17.1. The van der Waals surface area contributed by atoms with Crippen LogP contribution < -0.4 is 15.7 Å². The number of benzene rings is 2. The Bertz CT molecular complexity index is 1620. The molecule has 0 aliphatic heterocycles. The molecule has 0 radical (unpaired) electrons. The maximum atomic E-state index is 13.1. The van der Waals surface area contributed by atoms with Crippen molar-refractivity contribution in [1.29, 1.82) is 0 Å². The van der Waals surface area contributed by atoms with Gasteiger partial charge in [0.15, 0.2) is 0 Å². The van der Waals surface area contributed by atoms with Gasteiger partial charge < -0.3 is 19.2 Å². The molecule has 2 aromatic rings. The van der Waals surface area contributed by atoms with Crippen molar-refractivity contribution in [3.05, 3.63) is 60.7 Å². The standard InChI is InChI=1S/C65H111NO5SSi/c1-7-10-17-29-57(48-52-69-63(67)46-42-55-31-19-13-20-32-55)40-44-59(66-50-27-28-51-70-73(65(4,5)6,61-36-23-15-24-37-61)62-38-25-16-26-39-62)45-41-58(30-18-11-8-2)49-53-72-54-60(35-12-9-3)71-64(68)47-43-56-33-21-14-22-34-56/h15-16,23-26,36-39,55-60,66H,7-14,17-22,27-35,40-54H2,1-6H3. The van der Waals surface area contributed by atoms with Crippen LogP contribution in [0.3, 0.4) is 0 Å². The van der Waals surface area contributed by atoms with Gasteiger partial charge in [-0.05, 0) is 122 Å². The summed E-state index contributed by atoms with van der Waals surface area (Å²) in [6.07, 6.45) is 39.0. The van der Waals surface area contributed by atoms with Crippen molar-refractivity contribution in [3.8, 4) is 0 Å². The predicted molar refractivity (Wildman–Crippen MR) is 317 cm³/mol. The fourth-order valence-electron chi connectivity index (χ4n) is 12.3. The number of carbonyl (C=O) groups excluding carboxylic acids is 2. The molecule has 4 rings (SSSR count). The molecule has 4 unspecified atom stereocenters. The molecule has 2 fully saturated rings. The first-order valence-electron chi connectivity index (χ1n) is 31.0. The average Bonchev–Trinajstić information content (AvgIpc) is 3.40. The van der Waals surface area contributed by atoms with E-state index >= 15 is 0 Å². The Labute approximate surface area is 455 Å². The Balaban J connectivity index is 1.37. The number of ether oxygens (including phenoxy) is 2. The lowest BCUT2D eigenvalue weighted by atomic mass is 9.86. The van der Waals surface area contributed by atoms with Crippen molar-refractivity contribution < 1.29 is 23.5 Å². The highest BCUT2D eigenvalue weighted by Crippen LogP contribution is 2.37. The van der Waals surface area contributed by atoms with Gasteiger partial charge in [-0.15, -0.1) is 0 Å². The van der Waals surface area contributed by atoms with Gasteiger partial charge in [-0.1, -0.05) is 231 Å². The summed E-state index contributed by atoms with van der Waals surface area (Å²) in [4.78, 5) is 26.0. The van der Waals surface area contributed by atoms with E-state index in [0.717, 1.165) is 76.0 Å². The summed E-state index contributed by atoms with van der Waals surface area (Å²) in [7, 11) is -2.56. The van der Waals surface area contributed by atoms with Crippen molar-refractivity contribution in [3.63, 3.8) is 0 Å². The van der Waals surface area contributed by atoms with E-state index in [1.165, 1.54) is 158 Å². The fraction of sp³-hybridized carbons (Fsp3) is 0.785. The van der Waals surface area contributed by atoms with Crippen molar-refractivity contribution in [2.75, 3.05) is 31.3 Å². The summed E-state index contributed by atoms with van der Waals surface area (Å²) in [6, 6.07) is 22.6. The minimum Gasteiger partial charge on any atom is -0.466 e. The zero-order valence-corrected chi connectivity index (χ0v) is 49.9. The topological polar surface area (TPSA) is 73.9 Å². The monoisotopic (exact) mass is 1050 g/mol. The van der Waals surface area contributed by atoms with Crippen LogP contribution in [0, 0.1) is 23.7 Å². The van der Waals surface area contributed by atoms with Crippen molar-refractivity contribution >= 4 is 42.4 Å². The maximum Gasteiger partial charge on any atom is 0.306 e. The third-order valence-electron chi connectivity index (χ3n) is 16.9. The van der Waals surface area contributed by atoms with Gasteiger partial charge in [-0.2, -0.15) is 11.8 Å². The molecule has 8 heteroatoms. The lowest BCUT2D eigenvalue weighted by molar-refractivity contribution is -0.148. The van der Waals surface area contributed by atoms with E-state index in [9.17, 15) is 9.59 Å². The molecule has 0 amide bonds. The second-order valence-electron chi connectivity index (χ2n) is 24.0. The lowest BCUT2D eigenvalue weighted by Gasteiger charge is -2.43. The van der Waals surface area contributed by atoms with Crippen LogP contribution in [0.5, 0.6) is 0 Å². The Morgan fingerprint density at radius 2 is 1.12 bits per heavy atom. The third kappa shape index (κ3) is 25.7. The number of carbonyl (C=O) groups is 2. The third-order valence-corrected chi connectivity index (χ3v) is 23.1. The van der Waals surface area contributed by atoms with E-state index in [1.807, 2.05) is 11.8 Å². The van der Waals surface area contributed by atoms with E-state index in [4.69, 9.17) is 13.9 Å². The summed E-state index contributed by atoms with van der Waals surface area (Å²) in [5, 5.41) is 6.82. The molecule has 0 saturated heterocycles. The van der Waals surface area contributed by atoms with Crippen molar-refractivity contribution in [2.24, 2.45) is 23.7 Å². The maximum absolute atomic E-state index is 13.1. The summed E-state index contributed by atoms with van der Waals surface area (Å²) in [6.45, 7) is 16.3. The minimum absolute atomic E-state index is 0.0194. The average molecular weight is 1050 g/mol. The van der Waals surface area contributed by atoms with Gasteiger partial charge in [0.1, 0.15) is 6.10 Å². The van der Waals surface area contributed by atoms with E-state index < -0.39 is 8.32 Å². The minimum atomic E-state index is -2.56. The lowest BCUT2D eigenvalue weighted by Crippen LogP contribution is -2.66. The fourth-order valence-corrected chi connectivity index (χ4v) is 18.1. The number of hydrogen-bond donors (Lipinski definition) is 1. The van der Waals surface area contributed by atoms with Crippen LogP contribution in [0.2, 0.25) is 5.04 Å². The first-order valence-corrected chi connectivity index (χ1v) is 34.0. The SMILES string of the molecule is CCCCCC(CCOC(=O)CCC1CCCCC1)CCC(CCC(CCCCC)CCSCC(CCCC)OC(=O)CCC1CCCCC1)NCCCCO[Si](c1ccccc1)(c1ccccc1)C(C)(C)C. The van der Waals surface area contributed by atoms with Crippen molar-refractivity contribution in [1.82, 2.24) is 5.32 Å². The molecule has 0 aromatic heterocycles. The molecule has 0 spiro atoms. The number of unbranched alkanes of at least 4 members (excludes halogenated alkanes) is 6. The van der Waals surface area contributed by atoms with Crippen LogP contribution in [-0.4, -0.2) is 63.7 Å². The molecule has 4 atom stereocenters. The van der Waals surface area contributed by atoms with Gasteiger partial charge in [0.2, 0.25) is 0 Å². The van der Waals surface area contributed by atoms with Crippen LogP contribution in [0.4, 0.5) is 0 Å². The van der Waals surface area contributed by atoms with Crippen molar-refractivity contribution in [2.45, 2.75) is 271 Å². The number of esters is 2. The largest absolute Gasteiger partial charge is 0.466 e. The highest BCUT2D eigenvalue weighted by atomic mass is 32.2. The molecular weight excluding hydrogens is 935 g/mol. The normalized spacial score (nSPS) is 16.7.